The molecule has 2 aromatic rings. The lowest BCUT2D eigenvalue weighted by atomic mass is 10.0. The average Bonchev–Trinajstić information content (AvgIpc) is 2.91. The topological polar surface area (TPSA) is 25.2 Å². The van der Waals surface area contributed by atoms with Crippen molar-refractivity contribution in [1.29, 1.82) is 0 Å². The maximum absolute atomic E-state index is 12.1. The van der Waals surface area contributed by atoms with Crippen LogP contribution in [0.1, 0.15) is 35.6 Å². The molecule has 0 amide bonds. The van der Waals surface area contributed by atoms with Crippen LogP contribution >= 0.6 is 11.8 Å². The highest BCUT2D eigenvalue weighted by Crippen LogP contribution is 2.22. The highest BCUT2D eigenvalue weighted by Gasteiger charge is 2.10. The van der Waals surface area contributed by atoms with Crippen LogP contribution in [0.5, 0.6) is 0 Å². The molecule has 0 bridgehead atoms. The van der Waals surface area contributed by atoms with E-state index in [2.05, 4.69) is 31.3 Å². The Kier molecular flexibility index (Phi) is 5.82. The zero-order chi connectivity index (χ0) is 15.2. The third kappa shape index (κ3) is 4.86. The van der Waals surface area contributed by atoms with Gasteiger partial charge in [0.15, 0.2) is 0 Å². The van der Waals surface area contributed by atoms with Crippen molar-refractivity contribution < 1.29 is 13.2 Å². The summed E-state index contributed by atoms with van der Waals surface area (Å²) in [6.45, 7) is 4.76. The lowest BCUT2D eigenvalue weighted by molar-refractivity contribution is 0.251. The number of furan rings is 1. The van der Waals surface area contributed by atoms with E-state index in [1.165, 1.54) is 11.1 Å². The highest BCUT2D eigenvalue weighted by atomic mass is 32.2. The third-order valence-corrected chi connectivity index (χ3v) is 4.01. The summed E-state index contributed by atoms with van der Waals surface area (Å²) < 4.78 is 29.8. The molecule has 21 heavy (non-hydrogen) atoms. The van der Waals surface area contributed by atoms with E-state index in [1.54, 1.807) is 6.07 Å². The Bertz CT molecular complexity index is 571. The van der Waals surface area contributed by atoms with Gasteiger partial charge in [-0.3, -0.25) is 0 Å². The summed E-state index contributed by atoms with van der Waals surface area (Å²) >= 11 is 0.573. The zero-order valence-electron chi connectivity index (χ0n) is 12.1. The molecule has 0 aliphatic carbocycles. The van der Waals surface area contributed by atoms with Gasteiger partial charge in [0.25, 0.3) is 5.76 Å². The second-order valence-corrected chi connectivity index (χ2v) is 5.88. The summed E-state index contributed by atoms with van der Waals surface area (Å²) in [5, 5.41) is 3.39. The number of hydrogen-bond acceptors (Lipinski definition) is 3. The molecule has 0 saturated carbocycles. The predicted octanol–water partition coefficient (Wildman–Crippen LogP) is 4.89. The van der Waals surface area contributed by atoms with Gasteiger partial charge in [0, 0.05) is 6.04 Å². The first-order chi connectivity index (χ1) is 10.1. The SMILES string of the molecule is Cc1ccccc1[C@@H](C)NCc1ccc(CSC(F)F)o1. The summed E-state index contributed by atoms with van der Waals surface area (Å²) in [4.78, 5) is 0. The van der Waals surface area contributed by atoms with Gasteiger partial charge in [-0.1, -0.05) is 36.0 Å². The quantitative estimate of drug-likeness (QED) is 0.787. The number of hydrogen-bond donors (Lipinski definition) is 1. The number of alkyl halides is 2. The first-order valence-corrected chi connectivity index (χ1v) is 7.87. The fourth-order valence-electron chi connectivity index (χ4n) is 2.18. The van der Waals surface area contributed by atoms with Gasteiger partial charge in [0.2, 0.25) is 0 Å². The van der Waals surface area contributed by atoms with E-state index in [0.717, 1.165) is 5.76 Å². The van der Waals surface area contributed by atoms with Crippen molar-refractivity contribution in [3.63, 3.8) is 0 Å². The Labute approximate surface area is 127 Å². The lowest BCUT2D eigenvalue weighted by Crippen LogP contribution is -2.18. The molecule has 2 nitrogen and oxygen atoms in total. The van der Waals surface area contributed by atoms with Crippen LogP contribution in [-0.2, 0) is 12.3 Å². The van der Waals surface area contributed by atoms with E-state index in [0.29, 0.717) is 24.1 Å². The minimum atomic E-state index is -2.36. The number of thioether (sulfide) groups is 1. The van der Waals surface area contributed by atoms with Crippen LogP contribution in [0.3, 0.4) is 0 Å². The van der Waals surface area contributed by atoms with E-state index >= 15 is 0 Å². The minimum absolute atomic E-state index is 0.199. The minimum Gasteiger partial charge on any atom is -0.464 e. The van der Waals surface area contributed by atoms with E-state index in [9.17, 15) is 8.78 Å². The average molecular weight is 311 g/mol. The molecule has 1 aromatic carbocycles. The van der Waals surface area contributed by atoms with Crippen LogP contribution in [0, 0.1) is 6.92 Å². The van der Waals surface area contributed by atoms with Crippen molar-refractivity contribution in [2.75, 3.05) is 0 Å². The van der Waals surface area contributed by atoms with Crippen molar-refractivity contribution in [2.24, 2.45) is 0 Å². The third-order valence-electron chi connectivity index (χ3n) is 3.31. The van der Waals surface area contributed by atoms with Crippen LogP contribution in [-0.4, -0.2) is 5.76 Å². The van der Waals surface area contributed by atoms with Gasteiger partial charge in [-0.15, -0.1) is 0 Å². The highest BCUT2D eigenvalue weighted by molar-refractivity contribution is 7.98. The van der Waals surface area contributed by atoms with Crippen LogP contribution in [0.25, 0.3) is 0 Å². The van der Waals surface area contributed by atoms with Crippen LogP contribution in [0.2, 0.25) is 0 Å². The van der Waals surface area contributed by atoms with Gasteiger partial charge < -0.3 is 9.73 Å². The van der Waals surface area contributed by atoms with Gasteiger partial charge in [0.05, 0.1) is 12.3 Å². The fourth-order valence-corrected chi connectivity index (χ4v) is 2.62. The Morgan fingerprint density at radius 3 is 2.57 bits per heavy atom. The van der Waals surface area contributed by atoms with Gasteiger partial charge >= 0.3 is 0 Å². The standard InChI is InChI=1S/C16H19F2NOS/c1-11-5-3-4-6-15(11)12(2)19-9-13-7-8-14(20-13)10-21-16(17)18/h3-8,12,16,19H,9-10H2,1-2H3/t12-/m1/s1. The smallest absolute Gasteiger partial charge is 0.284 e. The van der Waals surface area contributed by atoms with Crippen LogP contribution in [0.4, 0.5) is 8.78 Å². The summed E-state index contributed by atoms with van der Waals surface area (Å²) in [6, 6.07) is 12.0. The van der Waals surface area contributed by atoms with Gasteiger partial charge in [-0.25, -0.2) is 0 Å². The molecule has 0 fully saturated rings. The second kappa shape index (κ2) is 7.61. The van der Waals surface area contributed by atoms with Gasteiger partial charge in [-0.2, -0.15) is 8.78 Å². The van der Waals surface area contributed by atoms with Crippen molar-refractivity contribution >= 4 is 11.8 Å². The molecule has 0 aliphatic rings. The first-order valence-electron chi connectivity index (χ1n) is 6.82. The van der Waals surface area contributed by atoms with Crippen molar-refractivity contribution in [2.45, 2.75) is 37.9 Å². The molecule has 0 spiro atoms. The van der Waals surface area contributed by atoms with Crippen LogP contribution < -0.4 is 5.32 Å². The summed E-state index contributed by atoms with van der Waals surface area (Å²) in [7, 11) is 0. The number of aryl methyl sites for hydroxylation is 1. The Balaban J connectivity index is 1.87. The number of benzene rings is 1. The molecule has 1 N–H and O–H groups in total. The zero-order valence-corrected chi connectivity index (χ0v) is 12.9. The number of nitrogens with one attached hydrogen (secondary N) is 1. The summed E-state index contributed by atoms with van der Waals surface area (Å²) in [6.07, 6.45) is 0. The van der Waals surface area contributed by atoms with Gasteiger partial charge in [0.1, 0.15) is 11.5 Å². The molecule has 2 rings (SSSR count). The predicted molar refractivity (Wildman–Crippen MR) is 82.4 cm³/mol. The molecular formula is C16H19F2NOS. The molecule has 0 saturated heterocycles. The van der Waals surface area contributed by atoms with Gasteiger partial charge in [-0.05, 0) is 37.1 Å². The fraction of sp³-hybridized carbons (Fsp3) is 0.375. The Hall–Kier alpha value is -1.33. The van der Waals surface area contributed by atoms with Crippen molar-refractivity contribution in [1.82, 2.24) is 5.32 Å². The first kappa shape index (κ1) is 16.0. The molecule has 114 valence electrons. The van der Waals surface area contributed by atoms with E-state index in [4.69, 9.17) is 4.42 Å². The molecule has 1 atom stereocenters. The summed E-state index contributed by atoms with van der Waals surface area (Å²) in [5.41, 5.74) is 2.49. The molecule has 1 aromatic heterocycles. The largest absolute Gasteiger partial charge is 0.464 e. The monoisotopic (exact) mass is 311 g/mol. The van der Waals surface area contributed by atoms with E-state index in [1.807, 2.05) is 18.2 Å². The molecule has 1 heterocycles. The molecule has 0 aliphatic heterocycles. The van der Waals surface area contributed by atoms with Crippen molar-refractivity contribution in [3.8, 4) is 0 Å². The Morgan fingerprint density at radius 2 is 1.86 bits per heavy atom. The second-order valence-electron chi connectivity index (χ2n) is 4.90. The molecule has 0 radical (unpaired) electrons. The maximum atomic E-state index is 12.1. The molecular weight excluding hydrogens is 292 g/mol. The lowest BCUT2D eigenvalue weighted by Gasteiger charge is -2.15. The molecule has 0 unspecified atom stereocenters. The number of rotatable bonds is 7. The number of halogens is 2. The van der Waals surface area contributed by atoms with E-state index < -0.39 is 5.76 Å². The molecule has 5 heteroatoms. The maximum Gasteiger partial charge on any atom is 0.284 e. The van der Waals surface area contributed by atoms with Crippen molar-refractivity contribution in [3.05, 3.63) is 59.0 Å². The normalized spacial score (nSPS) is 12.8. The van der Waals surface area contributed by atoms with Crippen LogP contribution in [0.15, 0.2) is 40.8 Å². The summed E-state index contributed by atoms with van der Waals surface area (Å²) in [5.74, 6) is -0.816. The Morgan fingerprint density at radius 1 is 1.14 bits per heavy atom. The van der Waals surface area contributed by atoms with E-state index in [-0.39, 0.29) is 11.8 Å².